The molecule has 1 fully saturated rings. The summed E-state index contributed by atoms with van der Waals surface area (Å²) in [5.74, 6) is 1.06. The van der Waals surface area contributed by atoms with E-state index in [0.29, 0.717) is 22.8 Å². The van der Waals surface area contributed by atoms with Crippen LogP contribution in [-0.2, 0) is 4.79 Å². The maximum absolute atomic E-state index is 12.4. The summed E-state index contributed by atoms with van der Waals surface area (Å²) < 4.78 is 0. The number of piperidine rings is 1. The molecule has 1 saturated heterocycles. The van der Waals surface area contributed by atoms with E-state index in [1.165, 1.54) is 23.1 Å². The van der Waals surface area contributed by atoms with Gasteiger partial charge in [-0.05, 0) is 45.6 Å². The number of nitrogens with zero attached hydrogens (tertiary/aromatic N) is 3. The zero-order valence-electron chi connectivity index (χ0n) is 13.8. The van der Waals surface area contributed by atoms with Crippen LogP contribution in [0.4, 0.5) is 5.82 Å². The van der Waals surface area contributed by atoms with Crippen molar-refractivity contribution in [2.45, 2.75) is 51.2 Å². The SMILES string of the molecule is Cc1sc2nc(SCC(=O)N3CCCC[C@@H]3C)nc(N)c2c1C. The first-order valence-corrected chi connectivity index (χ1v) is 9.73. The molecule has 0 saturated carbocycles. The molecule has 5 nitrogen and oxygen atoms in total. The fraction of sp³-hybridized carbons (Fsp3) is 0.562. The van der Waals surface area contributed by atoms with Gasteiger partial charge >= 0.3 is 0 Å². The molecule has 1 aliphatic rings. The van der Waals surface area contributed by atoms with Gasteiger partial charge in [0.05, 0.1) is 11.1 Å². The average molecular weight is 351 g/mol. The van der Waals surface area contributed by atoms with Gasteiger partial charge < -0.3 is 10.6 Å². The molecule has 2 N–H and O–H groups in total. The van der Waals surface area contributed by atoms with Gasteiger partial charge in [0.1, 0.15) is 10.6 Å². The number of nitrogens with two attached hydrogens (primary N) is 1. The lowest BCUT2D eigenvalue weighted by Gasteiger charge is -2.33. The zero-order chi connectivity index (χ0) is 16.6. The molecular weight excluding hydrogens is 328 g/mol. The lowest BCUT2D eigenvalue weighted by Crippen LogP contribution is -2.42. The molecule has 0 unspecified atom stereocenters. The second-order valence-electron chi connectivity index (χ2n) is 6.08. The summed E-state index contributed by atoms with van der Waals surface area (Å²) in [4.78, 5) is 25.5. The van der Waals surface area contributed by atoms with Crippen molar-refractivity contribution in [3.8, 4) is 0 Å². The summed E-state index contributed by atoms with van der Waals surface area (Å²) >= 11 is 3.01. The van der Waals surface area contributed by atoms with E-state index in [1.807, 2.05) is 11.8 Å². The van der Waals surface area contributed by atoms with Crippen LogP contribution in [0.15, 0.2) is 5.16 Å². The van der Waals surface area contributed by atoms with E-state index >= 15 is 0 Å². The standard InChI is InChI=1S/C16H22N4OS2/c1-9-6-4-5-7-20(9)12(21)8-22-16-18-14(17)13-10(2)11(3)23-15(13)19-16/h9H,4-8H2,1-3H3,(H2,17,18,19)/t9-/m0/s1. The van der Waals surface area contributed by atoms with Crippen LogP contribution in [0.1, 0.15) is 36.6 Å². The predicted molar refractivity (Wildman–Crippen MR) is 97.1 cm³/mol. The number of amides is 1. The highest BCUT2D eigenvalue weighted by molar-refractivity contribution is 7.99. The number of hydrogen-bond acceptors (Lipinski definition) is 6. The second kappa shape index (κ2) is 6.65. The van der Waals surface area contributed by atoms with Crippen LogP contribution in [0.25, 0.3) is 10.2 Å². The summed E-state index contributed by atoms with van der Waals surface area (Å²) in [6.07, 6.45) is 3.41. The molecule has 0 spiro atoms. The molecule has 7 heteroatoms. The predicted octanol–water partition coefficient (Wildman–Crippen LogP) is 3.38. The van der Waals surface area contributed by atoms with Gasteiger partial charge in [-0.2, -0.15) is 0 Å². The number of aryl methyl sites for hydroxylation is 2. The first kappa shape index (κ1) is 16.5. The maximum atomic E-state index is 12.4. The summed E-state index contributed by atoms with van der Waals surface area (Å²) in [7, 11) is 0. The number of aromatic nitrogens is 2. The molecule has 1 amide bonds. The van der Waals surface area contributed by atoms with Crippen LogP contribution in [-0.4, -0.2) is 39.1 Å². The Morgan fingerprint density at radius 3 is 2.91 bits per heavy atom. The topological polar surface area (TPSA) is 72.1 Å². The Balaban J connectivity index is 1.73. The van der Waals surface area contributed by atoms with E-state index < -0.39 is 0 Å². The van der Waals surface area contributed by atoms with Crippen molar-refractivity contribution >= 4 is 45.0 Å². The number of carbonyl (C=O) groups is 1. The molecule has 2 aromatic heterocycles. The number of rotatable bonds is 3. The fourth-order valence-electron chi connectivity index (χ4n) is 3.00. The number of thioether (sulfide) groups is 1. The molecular formula is C16H22N4OS2. The van der Waals surface area contributed by atoms with Crippen molar-refractivity contribution in [2.75, 3.05) is 18.0 Å². The lowest BCUT2D eigenvalue weighted by molar-refractivity contribution is -0.131. The van der Waals surface area contributed by atoms with Crippen molar-refractivity contribution in [3.05, 3.63) is 10.4 Å². The quantitative estimate of drug-likeness (QED) is 0.678. The third kappa shape index (κ3) is 3.30. The summed E-state index contributed by atoms with van der Waals surface area (Å²) in [6.45, 7) is 7.10. The summed E-state index contributed by atoms with van der Waals surface area (Å²) in [6, 6.07) is 0.341. The maximum Gasteiger partial charge on any atom is 0.233 e. The van der Waals surface area contributed by atoms with Gasteiger partial charge in [0.2, 0.25) is 5.91 Å². The van der Waals surface area contributed by atoms with Crippen LogP contribution in [0.2, 0.25) is 0 Å². The van der Waals surface area contributed by atoms with Crippen molar-refractivity contribution in [1.82, 2.24) is 14.9 Å². The minimum atomic E-state index is 0.169. The third-order valence-corrected chi connectivity index (χ3v) is 6.42. The van der Waals surface area contributed by atoms with Crippen molar-refractivity contribution in [1.29, 1.82) is 0 Å². The minimum Gasteiger partial charge on any atom is -0.383 e. The molecule has 124 valence electrons. The molecule has 23 heavy (non-hydrogen) atoms. The minimum absolute atomic E-state index is 0.169. The van der Waals surface area contributed by atoms with Gasteiger partial charge in [-0.15, -0.1) is 11.3 Å². The van der Waals surface area contributed by atoms with Crippen molar-refractivity contribution in [3.63, 3.8) is 0 Å². The number of thiophene rings is 1. The van der Waals surface area contributed by atoms with E-state index in [-0.39, 0.29) is 5.91 Å². The number of hydrogen-bond donors (Lipinski definition) is 1. The molecule has 2 aromatic rings. The Morgan fingerprint density at radius 2 is 2.17 bits per heavy atom. The highest BCUT2D eigenvalue weighted by Crippen LogP contribution is 2.33. The van der Waals surface area contributed by atoms with Crippen LogP contribution in [0.3, 0.4) is 0 Å². The zero-order valence-corrected chi connectivity index (χ0v) is 15.4. The smallest absolute Gasteiger partial charge is 0.233 e. The van der Waals surface area contributed by atoms with E-state index in [1.54, 1.807) is 11.3 Å². The lowest BCUT2D eigenvalue weighted by atomic mass is 10.0. The largest absolute Gasteiger partial charge is 0.383 e. The number of likely N-dealkylation sites (tertiary alicyclic amines) is 1. The number of fused-ring (bicyclic) bond motifs is 1. The Morgan fingerprint density at radius 1 is 1.39 bits per heavy atom. The van der Waals surface area contributed by atoms with E-state index in [2.05, 4.69) is 23.8 Å². The van der Waals surface area contributed by atoms with E-state index in [4.69, 9.17) is 5.73 Å². The third-order valence-electron chi connectivity index (χ3n) is 4.48. The molecule has 0 aliphatic carbocycles. The van der Waals surface area contributed by atoms with Crippen LogP contribution < -0.4 is 5.73 Å². The Bertz CT molecular complexity index is 743. The number of nitrogen functional groups attached to an aromatic ring is 1. The molecule has 3 heterocycles. The highest BCUT2D eigenvalue weighted by Gasteiger charge is 2.23. The van der Waals surface area contributed by atoms with Crippen LogP contribution in [0.5, 0.6) is 0 Å². The molecule has 1 atom stereocenters. The normalized spacial score (nSPS) is 18.6. The summed E-state index contributed by atoms with van der Waals surface area (Å²) in [5.41, 5.74) is 7.24. The van der Waals surface area contributed by atoms with Gasteiger partial charge in [0, 0.05) is 17.5 Å². The van der Waals surface area contributed by atoms with Crippen molar-refractivity contribution in [2.24, 2.45) is 0 Å². The first-order chi connectivity index (χ1) is 11.0. The highest BCUT2D eigenvalue weighted by atomic mass is 32.2. The van der Waals surface area contributed by atoms with Gasteiger partial charge in [0.15, 0.2) is 5.16 Å². The Labute approximate surface area is 144 Å². The van der Waals surface area contributed by atoms with Gasteiger partial charge in [-0.1, -0.05) is 11.8 Å². The monoisotopic (exact) mass is 350 g/mol. The number of anilines is 1. The van der Waals surface area contributed by atoms with Crippen LogP contribution >= 0.6 is 23.1 Å². The molecule has 1 aliphatic heterocycles. The first-order valence-electron chi connectivity index (χ1n) is 7.93. The van der Waals surface area contributed by atoms with Gasteiger partial charge in [0.25, 0.3) is 0 Å². The molecule has 0 radical (unpaired) electrons. The Kier molecular flexibility index (Phi) is 4.77. The average Bonchev–Trinajstić information content (AvgIpc) is 2.80. The fourth-order valence-corrected chi connectivity index (χ4v) is 4.83. The van der Waals surface area contributed by atoms with Crippen molar-refractivity contribution < 1.29 is 4.79 Å². The molecule has 0 aromatic carbocycles. The molecule has 0 bridgehead atoms. The Hall–Kier alpha value is -1.34. The van der Waals surface area contributed by atoms with Gasteiger partial charge in [-0.25, -0.2) is 9.97 Å². The van der Waals surface area contributed by atoms with Crippen LogP contribution in [0, 0.1) is 13.8 Å². The second-order valence-corrected chi connectivity index (χ2v) is 8.22. The molecule has 3 rings (SSSR count). The number of carbonyl (C=O) groups excluding carboxylic acids is 1. The summed E-state index contributed by atoms with van der Waals surface area (Å²) in [5, 5.41) is 1.54. The van der Waals surface area contributed by atoms with Gasteiger partial charge in [-0.3, -0.25) is 4.79 Å². The van der Waals surface area contributed by atoms with E-state index in [0.717, 1.165) is 35.2 Å². The van der Waals surface area contributed by atoms with E-state index in [9.17, 15) is 4.79 Å².